The second-order valence-electron chi connectivity index (χ2n) is 7.92. The van der Waals surface area contributed by atoms with Crippen LogP contribution in [-0.2, 0) is 23.0 Å². The van der Waals surface area contributed by atoms with Crippen molar-refractivity contribution in [2.24, 2.45) is 0 Å². The highest BCUT2D eigenvalue weighted by molar-refractivity contribution is 7.98. The number of carbonyl (C=O) groups excluding carboxylic acids is 1. The Morgan fingerprint density at radius 2 is 1.64 bits per heavy atom. The van der Waals surface area contributed by atoms with Crippen molar-refractivity contribution in [2.45, 2.75) is 29.7 Å². The van der Waals surface area contributed by atoms with E-state index in [9.17, 15) is 13.2 Å². The lowest BCUT2D eigenvalue weighted by Crippen LogP contribution is -2.30. The zero-order valence-electron chi connectivity index (χ0n) is 19.9. The van der Waals surface area contributed by atoms with E-state index >= 15 is 0 Å². The van der Waals surface area contributed by atoms with Crippen molar-refractivity contribution in [3.05, 3.63) is 101 Å². The first-order valence-electron chi connectivity index (χ1n) is 11.3. The van der Waals surface area contributed by atoms with Gasteiger partial charge in [0.2, 0.25) is 15.9 Å². The number of sulfonamides is 1. The average Bonchev–Trinajstić information content (AvgIpc) is 3.34. The minimum absolute atomic E-state index is 0.0209. The summed E-state index contributed by atoms with van der Waals surface area (Å²) in [5, 5.41) is 10.4. The Kier molecular flexibility index (Phi) is 8.19. The molecular weight excluding hydrogens is 496 g/mol. The number of amides is 1. The number of aromatic nitrogens is 2. The van der Waals surface area contributed by atoms with E-state index in [0.29, 0.717) is 18.9 Å². The molecule has 4 rings (SSSR count). The van der Waals surface area contributed by atoms with Crippen LogP contribution in [0.2, 0.25) is 0 Å². The van der Waals surface area contributed by atoms with Gasteiger partial charge in [-0.2, -0.15) is 4.31 Å². The number of anilines is 1. The Balaban J connectivity index is 1.40. The Hall–Kier alpha value is -3.47. The van der Waals surface area contributed by atoms with Crippen molar-refractivity contribution < 1.29 is 17.6 Å². The summed E-state index contributed by atoms with van der Waals surface area (Å²) >= 11 is 1.66. The lowest BCUT2D eigenvalue weighted by Gasteiger charge is -2.20. The van der Waals surface area contributed by atoms with Gasteiger partial charge in [-0.05, 0) is 53.8 Å². The van der Waals surface area contributed by atoms with Gasteiger partial charge in [-0.3, -0.25) is 10.1 Å². The largest absolute Gasteiger partial charge is 0.407 e. The molecule has 0 spiro atoms. The van der Waals surface area contributed by atoms with Crippen LogP contribution in [-0.4, -0.2) is 41.6 Å². The molecule has 0 aliphatic rings. The molecule has 0 bridgehead atoms. The van der Waals surface area contributed by atoms with E-state index in [1.165, 1.54) is 28.6 Å². The fourth-order valence-corrected chi connectivity index (χ4v) is 5.39. The molecule has 0 aliphatic heterocycles. The zero-order chi connectivity index (χ0) is 25.5. The third-order valence-electron chi connectivity index (χ3n) is 5.51. The molecule has 0 atom stereocenters. The number of rotatable bonds is 10. The fraction of sp³-hybridized carbons (Fsp3) is 0.192. The normalized spacial score (nSPS) is 11.5. The second-order valence-corrected chi connectivity index (χ2v) is 10.7. The third-order valence-corrected chi connectivity index (χ3v) is 8.19. The minimum atomic E-state index is -3.72. The van der Waals surface area contributed by atoms with E-state index in [1.54, 1.807) is 18.7 Å². The summed E-state index contributed by atoms with van der Waals surface area (Å²) in [5.41, 5.74) is 2.18. The average molecular weight is 523 g/mol. The van der Waals surface area contributed by atoms with E-state index in [0.717, 1.165) is 16.0 Å². The number of thioether (sulfide) groups is 1. The topological polar surface area (TPSA) is 105 Å². The van der Waals surface area contributed by atoms with Crippen molar-refractivity contribution in [2.75, 3.05) is 18.1 Å². The predicted molar refractivity (Wildman–Crippen MR) is 139 cm³/mol. The minimum Gasteiger partial charge on any atom is -0.407 e. The maximum absolute atomic E-state index is 13.1. The molecule has 1 N–H and O–H groups in total. The molecule has 186 valence electrons. The Morgan fingerprint density at radius 3 is 2.28 bits per heavy atom. The monoisotopic (exact) mass is 522 g/mol. The molecule has 0 aliphatic carbocycles. The molecule has 0 radical (unpaired) electrons. The molecule has 1 amide bonds. The van der Waals surface area contributed by atoms with E-state index < -0.39 is 15.9 Å². The molecule has 1 aromatic heterocycles. The lowest BCUT2D eigenvalue weighted by molar-refractivity contribution is 0.102. The van der Waals surface area contributed by atoms with Crippen LogP contribution in [0.15, 0.2) is 93.1 Å². The van der Waals surface area contributed by atoms with Crippen LogP contribution >= 0.6 is 11.8 Å². The van der Waals surface area contributed by atoms with Crippen molar-refractivity contribution in [3.8, 4) is 0 Å². The van der Waals surface area contributed by atoms with Crippen molar-refractivity contribution >= 4 is 33.7 Å². The number of nitrogens with zero attached hydrogens (tertiary/aromatic N) is 3. The number of nitrogens with one attached hydrogen (secondary N) is 1. The summed E-state index contributed by atoms with van der Waals surface area (Å²) < 4.78 is 33.2. The maximum Gasteiger partial charge on any atom is 0.322 e. The molecule has 10 heteroatoms. The first kappa shape index (κ1) is 25.6. The van der Waals surface area contributed by atoms with Gasteiger partial charge in [-0.1, -0.05) is 54.5 Å². The van der Waals surface area contributed by atoms with E-state index in [4.69, 9.17) is 4.42 Å². The molecule has 8 nitrogen and oxygen atoms in total. The molecule has 4 aromatic rings. The summed E-state index contributed by atoms with van der Waals surface area (Å²) in [7, 11) is -3.72. The highest BCUT2D eigenvalue weighted by atomic mass is 32.2. The van der Waals surface area contributed by atoms with Crippen molar-refractivity contribution in [3.63, 3.8) is 0 Å². The van der Waals surface area contributed by atoms with Gasteiger partial charge in [0.25, 0.3) is 5.91 Å². The molecular formula is C26H26N4O4S2. The third kappa shape index (κ3) is 6.20. The maximum atomic E-state index is 13.1. The summed E-state index contributed by atoms with van der Waals surface area (Å²) in [5.74, 6) is -0.100. The molecule has 3 aromatic carbocycles. The fourth-order valence-electron chi connectivity index (χ4n) is 3.54. The second kappa shape index (κ2) is 11.5. The van der Waals surface area contributed by atoms with Crippen LogP contribution < -0.4 is 5.32 Å². The Bertz CT molecular complexity index is 1400. The summed E-state index contributed by atoms with van der Waals surface area (Å²) in [6.07, 6.45) is 2.46. The SMILES string of the molecule is CCN(Cc1ccccc1)S(=O)(=O)c1ccc(C(=O)Nc2nnc(Cc3ccc(SC)cc3)o2)cc1. The van der Waals surface area contributed by atoms with Crippen LogP contribution in [0.25, 0.3) is 0 Å². The molecule has 0 saturated heterocycles. The van der Waals surface area contributed by atoms with Crippen LogP contribution in [0.3, 0.4) is 0 Å². The van der Waals surface area contributed by atoms with Gasteiger partial charge in [0, 0.05) is 23.5 Å². The summed E-state index contributed by atoms with van der Waals surface area (Å²) in [6, 6.07) is 23.2. The van der Waals surface area contributed by atoms with Crippen LogP contribution in [0, 0.1) is 0 Å². The highest BCUT2D eigenvalue weighted by Gasteiger charge is 2.23. The van der Waals surface area contributed by atoms with Crippen LogP contribution in [0.4, 0.5) is 6.01 Å². The quantitative estimate of drug-likeness (QED) is 0.297. The van der Waals surface area contributed by atoms with Crippen LogP contribution in [0.1, 0.15) is 34.3 Å². The highest BCUT2D eigenvalue weighted by Crippen LogP contribution is 2.20. The van der Waals surface area contributed by atoms with Gasteiger partial charge in [0.1, 0.15) is 0 Å². The first-order valence-corrected chi connectivity index (χ1v) is 14.0. The molecule has 0 saturated carbocycles. The van der Waals surface area contributed by atoms with Gasteiger partial charge >= 0.3 is 6.01 Å². The summed E-state index contributed by atoms with van der Waals surface area (Å²) in [6.45, 7) is 2.38. The zero-order valence-corrected chi connectivity index (χ0v) is 21.6. The predicted octanol–water partition coefficient (Wildman–Crippen LogP) is 4.85. The molecule has 0 fully saturated rings. The van der Waals surface area contributed by atoms with Crippen molar-refractivity contribution in [1.82, 2.24) is 14.5 Å². The smallest absolute Gasteiger partial charge is 0.322 e. The van der Waals surface area contributed by atoms with Crippen molar-refractivity contribution in [1.29, 1.82) is 0 Å². The van der Waals surface area contributed by atoms with Gasteiger partial charge in [0.05, 0.1) is 11.3 Å². The standard InChI is InChI=1S/C26H26N4O4S2/c1-3-30(18-20-7-5-4-6-8-20)36(32,33)23-15-11-21(12-16-23)25(31)27-26-29-28-24(34-26)17-19-9-13-22(35-2)14-10-19/h4-16H,3,17-18H2,1-2H3,(H,27,29,31). The number of hydrogen-bond donors (Lipinski definition) is 1. The molecule has 0 unspecified atom stereocenters. The molecule has 1 heterocycles. The molecule has 36 heavy (non-hydrogen) atoms. The number of hydrogen-bond acceptors (Lipinski definition) is 7. The Labute approximate surface area is 214 Å². The summed E-state index contributed by atoms with van der Waals surface area (Å²) in [4.78, 5) is 13.9. The van der Waals surface area contributed by atoms with Gasteiger partial charge in [-0.15, -0.1) is 16.9 Å². The lowest BCUT2D eigenvalue weighted by atomic mass is 10.1. The Morgan fingerprint density at radius 1 is 0.944 bits per heavy atom. The van der Waals surface area contributed by atoms with Crippen LogP contribution in [0.5, 0.6) is 0 Å². The van der Waals surface area contributed by atoms with Gasteiger partial charge in [0.15, 0.2) is 0 Å². The van der Waals surface area contributed by atoms with E-state index in [1.807, 2.05) is 60.9 Å². The van der Waals surface area contributed by atoms with Gasteiger partial charge < -0.3 is 4.42 Å². The first-order chi connectivity index (χ1) is 17.4. The number of carbonyl (C=O) groups is 1. The van der Waals surface area contributed by atoms with Gasteiger partial charge in [-0.25, -0.2) is 8.42 Å². The number of benzene rings is 3. The van der Waals surface area contributed by atoms with E-state index in [-0.39, 0.29) is 23.0 Å². The van der Waals surface area contributed by atoms with E-state index in [2.05, 4.69) is 15.5 Å².